The number of ether oxygens (including phenoxy) is 1. The van der Waals surface area contributed by atoms with E-state index in [9.17, 15) is 9.59 Å². The molecule has 0 aromatic carbocycles. The number of methoxy groups -OCH3 is 1. The molecule has 0 saturated carbocycles. The molecular weight excluding hydrogens is 248 g/mol. The number of carboxylic acids is 1. The molecule has 6 nitrogen and oxygen atoms in total. The van der Waals surface area contributed by atoms with Gasteiger partial charge in [-0.3, -0.25) is 9.78 Å². The van der Waals surface area contributed by atoms with Gasteiger partial charge in [-0.2, -0.15) is 0 Å². The summed E-state index contributed by atoms with van der Waals surface area (Å²) in [6.07, 6.45) is 4.01. The van der Waals surface area contributed by atoms with Crippen molar-refractivity contribution < 1.29 is 19.4 Å². The summed E-state index contributed by atoms with van der Waals surface area (Å²) in [5.74, 6) is -1.35. The number of hydrogen-bond donors (Lipinski definition) is 2. The lowest BCUT2D eigenvalue weighted by Crippen LogP contribution is -2.25. The second-order valence-corrected chi connectivity index (χ2v) is 4.05. The maximum atomic E-state index is 11.7. The number of aromatic nitrogens is 1. The smallest absolute Gasteiger partial charge is 0.337 e. The third kappa shape index (κ3) is 5.48. The highest BCUT2D eigenvalue weighted by Gasteiger charge is 2.08. The molecule has 0 bridgehead atoms. The van der Waals surface area contributed by atoms with Gasteiger partial charge in [-0.05, 0) is 31.4 Å². The van der Waals surface area contributed by atoms with Crippen LogP contribution in [0.2, 0.25) is 0 Å². The van der Waals surface area contributed by atoms with Gasteiger partial charge in [0, 0.05) is 26.5 Å². The molecule has 1 aromatic heterocycles. The van der Waals surface area contributed by atoms with E-state index >= 15 is 0 Å². The number of amides is 1. The van der Waals surface area contributed by atoms with E-state index in [-0.39, 0.29) is 17.2 Å². The molecule has 0 unspecified atom stereocenters. The van der Waals surface area contributed by atoms with E-state index in [1.165, 1.54) is 18.3 Å². The molecule has 0 atom stereocenters. The van der Waals surface area contributed by atoms with E-state index < -0.39 is 5.97 Å². The third-order valence-corrected chi connectivity index (χ3v) is 2.55. The van der Waals surface area contributed by atoms with Crippen LogP contribution < -0.4 is 5.32 Å². The van der Waals surface area contributed by atoms with Crippen molar-refractivity contribution in [3.8, 4) is 0 Å². The van der Waals surface area contributed by atoms with Gasteiger partial charge in [-0.1, -0.05) is 0 Å². The Bertz CT molecular complexity index is 417. The number of unbranched alkanes of at least 4 members (excludes halogenated alkanes) is 2. The highest BCUT2D eigenvalue weighted by atomic mass is 16.5. The van der Waals surface area contributed by atoms with Gasteiger partial charge < -0.3 is 15.2 Å². The van der Waals surface area contributed by atoms with E-state index in [1.807, 2.05) is 0 Å². The summed E-state index contributed by atoms with van der Waals surface area (Å²) < 4.78 is 4.92. The van der Waals surface area contributed by atoms with Crippen molar-refractivity contribution in [2.75, 3.05) is 20.3 Å². The van der Waals surface area contributed by atoms with Gasteiger partial charge in [0.2, 0.25) is 0 Å². The monoisotopic (exact) mass is 266 g/mol. The van der Waals surface area contributed by atoms with Crippen molar-refractivity contribution >= 4 is 11.9 Å². The predicted molar refractivity (Wildman–Crippen MR) is 69.3 cm³/mol. The standard InChI is InChI=1S/C13H18N2O4/c1-19-8-4-2-3-7-14-12(16)11-6-5-10(9-15-11)13(17)18/h5-6,9H,2-4,7-8H2,1H3,(H,14,16)(H,17,18). The summed E-state index contributed by atoms with van der Waals surface area (Å²) in [7, 11) is 1.66. The van der Waals surface area contributed by atoms with Gasteiger partial charge >= 0.3 is 5.97 Å². The van der Waals surface area contributed by atoms with Crippen LogP contribution >= 0.6 is 0 Å². The molecule has 104 valence electrons. The van der Waals surface area contributed by atoms with E-state index in [0.717, 1.165) is 25.9 Å². The summed E-state index contributed by atoms with van der Waals surface area (Å²) in [5, 5.41) is 11.4. The zero-order valence-electron chi connectivity index (χ0n) is 10.9. The molecule has 1 heterocycles. The number of carbonyl (C=O) groups is 2. The van der Waals surface area contributed by atoms with E-state index in [0.29, 0.717) is 6.54 Å². The Labute approximate surface area is 111 Å². The van der Waals surface area contributed by atoms with Gasteiger partial charge in [-0.15, -0.1) is 0 Å². The average molecular weight is 266 g/mol. The van der Waals surface area contributed by atoms with Crippen LogP contribution in [0.15, 0.2) is 18.3 Å². The fraction of sp³-hybridized carbons (Fsp3) is 0.462. The number of hydrogen-bond acceptors (Lipinski definition) is 4. The molecule has 0 spiro atoms. The Morgan fingerprint density at radius 1 is 1.32 bits per heavy atom. The summed E-state index contributed by atoms with van der Waals surface area (Å²) in [5.41, 5.74) is 0.290. The van der Waals surface area contributed by atoms with Crippen LogP contribution in [0.5, 0.6) is 0 Å². The first kappa shape index (κ1) is 15.1. The molecule has 19 heavy (non-hydrogen) atoms. The second kappa shape index (κ2) is 8.20. The first-order chi connectivity index (χ1) is 9.15. The van der Waals surface area contributed by atoms with Crippen molar-refractivity contribution in [2.24, 2.45) is 0 Å². The summed E-state index contributed by atoms with van der Waals surface area (Å²) in [6.45, 7) is 1.30. The highest BCUT2D eigenvalue weighted by molar-refractivity contribution is 5.93. The average Bonchev–Trinajstić information content (AvgIpc) is 2.42. The summed E-state index contributed by atoms with van der Waals surface area (Å²) in [6, 6.07) is 2.77. The summed E-state index contributed by atoms with van der Waals surface area (Å²) >= 11 is 0. The predicted octanol–water partition coefficient (Wildman–Crippen LogP) is 1.33. The molecule has 1 aromatic rings. The normalized spacial score (nSPS) is 10.2. The number of aromatic carboxylic acids is 1. The van der Waals surface area contributed by atoms with Crippen LogP contribution in [0, 0.1) is 0 Å². The third-order valence-electron chi connectivity index (χ3n) is 2.55. The molecule has 0 saturated heterocycles. The van der Waals surface area contributed by atoms with Gasteiger partial charge in [0.25, 0.3) is 5.91 Å². The first-order valence-corrected chi connectivity index (χ1v) is 6.11. The number of pyridine rings is 1. The number of rotatable bonds is 8. The molecule has 0 radical (unpaired) electrons. The first-order valence-electron chi connectivity index (χ1n) is 6.11. The number of carboxylic acid groups (broad SMARTS) is 1. The van der Waals surface area contributed by atoms with Crippen LogP contribution in [0.25, 0.3) is 0 Å². The molecule has 0 aliphatic rings. The fourth-order valence-corrected chi connectivity index (χ4v) is 1.50. The van der Waals surface area contributed by atoms with Crippen LogP contribution in [-0.4, -0.2) is 42.2 Å². The lowest BCUT2D eigenvalue weighted by molar-refractivity contribution is 0.0695. The van der Waals surface area contributed by atoms with Gasteiger partial charge in [0.1, 0.15) is 5.69 Å². The van der Waals surface area contributed by atoms with Crippen molar-refractivity contribution in [3.05, 3.63) is 29.6 Å². The molecule has 1 amide bonds. The Kier molecular flexibility index (Phi) is 6.52. The maximum absolute atomic E-state index is 11.7. The lowest BCUT2D eigenvalue weighted by Gasteiger charge is -2.04. The van der Waals surface area contributed by atoms with E-state index in [4.69, 9.17) is 9.84 Å². The van der Waals surface area contributed by atoms with Crippen LogP contribution in [0.3, 0.4) is 0 Å². The Morgan fingerprint density at radius 2 is 2.11 bits per heavy atom. The minimum Gasteiger partial charge on any atom is -0.478 e. The Balaban J connectivity index is 2.31. The quantitative estimate of drug-likeness (QED) is 0.693. The maximum Gasteiger partial charge on any atom is 0.337 e. The number of nitrogens with zero attached hydrogens (tertiary/aromatic N) is 1. The van der Waals surface area contributed by atoms with Crippen molar-refractivity contribution in [1.29, 1.82) is 0 Å². The molecule has 1 rings (SSSR count). The van der Waals surface area contributed by atoms with Crippen LogP contribution in [0.1, 0.15) is 40.1 Å². The minimum absolute atomic E-state index is 0.0658. The van der Waals surface area contributed by atoms with E-state index in [1.54, 1.807) is 7.11 Å². The number of nitrogens with one attached hydrogen (secondary N) is 1. The second-order valence-electron chi connectivity index (χ2n) is 4.05. The topological polar surface area (TPSA) is 88.5 Å². The SMILES string of the molecule is COCCCCCNC(=O)c1ccc(C(=O)O)cn1. The molecule has 0 fully saturated rings. The molecular formula is C13H18N2O4. The zero-order valence-corrected chi connectivity index (χ0v) is 10.9. The van der Waals surface area contributed by atoms with Gasteiger partial charge in [0.15, 0.2) is 0 Å². The minimum atomic E-state index is -1.06. The molecule has 2 N–H and O–H groups in total. The van der Waals surface area contributed by atoms with Gasteiger partial charge in [-0.25, -0.2) is 4.79 Å². The Morgan fingerprint density at radius 3 is 2.68 bits per heavy atom. The van der Waals surface area contributed by atoms with Crippen LogP contribution in [-0.2, 0) is 4.74 Å². The van der Waals surface area contributed by atoms with Gasteiger partial charge in [0.05, 0.1) is 5.56 Å². The molecule has 0 aliphatic carbocycles. The lowest BCUT2D eigenvalue weighted by atomic mass is 10.2. The largest absolute Gasteiger partial charge is 0.478 e. The molecule has 6 heteroatoms. The summed E-state index contributed by atoms with van der Waals surface area (Å²) in [4.78, 5) is 26.1. The van der Waals surface area contributed by atoms with Crippen LogP contribution in [0.4, 0.5) is 0 Å². The van der Waals surface area contributed by atoms with Crippen molar-refractivity contribution in [3.63, 3.8) is 0 Å². The molecule has 0 aliphatic heterocycles. The van der Waals surface area contributed by atoms with E-state index in [2.05, 4.69) is 10.3 Å². The number of carbonyl (C=O) groups excluding carboxylic acids is 1. The van der Waals surface area contributed by atoms with Crippen molar-refractivity contribution in [1.82, 2.24) is 10.3 Å². The zero-order chi connectivity index (χ0) is 14.1. The Hall–Kier alpha value is -1.95. The van der Waals surface area contributed by atoms with Crippen molar-refractivity contribution in [2.45, 2.75) is 19.3 Å². The highest BCUT2D eigenvalue weighted by Crippen LogP contribution is 2.01. The fourth-order valence-electron chi connectivity index (χ4n) is 1.50.